The van der Waals surface area contributed by atoms with Gasteiger partial charge in [0, 0.05) is 11.3 Å². The number of nitrogens with one attached hydrogen (secondary N) is 1. The molecule has 0 saturated carbocycles. The van der Waals surface area contributed by atoms with Crippen molar-refractivity contribution in [3.05, 3.63) is 54.1 Å². The lowest BCUT2D eigenvalue weighted by molar-refractivity contribution is -0.0498. The molecule has 0 saturated heterocycles. The Labute approximate surface area is 130 Å². The second-order valence-electron chi connectivity index (χ2n) is 4.43. The number of rotatable bonds is 5. The number of carbonyl (C=O) groups excluding carboxylic acids is 1. The van der Waals surface area contributed by atoms with Crippen LogP contribution in [0.2, 0.25) is 0 Å². The highest BCUT2D eigenvalue weighted by molar-refractivity contribution is 7.89. The molecule has 3 N–H and O–H groups in total. The fraction of sp³-hybridized carbons (Fsp3) is 0.0714. The van der Waals surface area contributed by atoms with E-state index in [-0.39, 0.29) is 16.2 Å². The Kier molecular flexibility index (Phi) is 4.92. The number of nitrogens with two attached hydrogens (primary N) is 1. The number of alkyl halides is 2. The molecule has 0 heterocycles. The Hall–Kier alpha value is -2.52. The number of benzene rings is 2. The average Bonchev–Trinajstić information content (AvgIpc) is 2.48. The Morgan fingerprint density at radius 2 is 1.61 bits per heavy atom. The number of hydrogen-bond donors (Lipinski definition) is 2. The minimum Gasteiger partial charge on any atom is -0.435 e. The number of amides is 1. The summed E-state index contributed by atoms with van der Waals surface area (Å²) in [6.07, 6.45) is 0. The van der Waals surface area contributed by atoms with Crippen molar-refractivity contribution in [2.24, 2.45) is 5.14 Å². The highest BCUT2D eigenvalue weighted by atomic mass is 32.2. The van der Waals surface area contributed by atoms with Crippen LogP contribution >= 0.6 is 0 Å². The summed E-state index contributed by atoms with van der Waals surface area (Å²) in [5.41, 5.74) is 0.581. The van der Waals surface area contributed by atoms with Crippen molar-refractivity contribution >= 4 is 21.6 Å². The standard InChI is InChI=1S/C14H12F2N2O4S/c15-14(16)22-11-5-3-10(4-6-11)18-13(19)9-1-7-12(8-2-9)23(17,20)21/h1-8,14H,(H,18,19)(H2,17,20,21). The van der Waals surface area contributed by atoms with Gasteiger partial charge in [-0.1, -0.05) is 0 Å². The van der Waals surface area contributed by atoms with E-state index in [4.69, 9.17) is 5.14 Å². The molecule has 122 valence electrons. The second-order valence-corrected chi connectivity index (χ2v) is 5.99. The summed E-state index contributed by atoms with van der Waals surface area (Å²) >= 11 is 0. The Morgan fingerprint density at radius 3 is 2.09 bits per heavy atom. The summed E-state index contributed by atoms with van der Waals surface area (Å²) in [7, 11) is -3.83. The van der Waals surface area contributed by atoms with E-state index in [9.17, 15) is 22.0 Å². The predicted molar refractivity (Wildman–Crippen MR) is 78.8 cm³/mol. The number of hydrogen-bond acceptors (Lipinski definition) is 4. The lowest BCUT2D eigenvalue weighted by atomic mass is 10.2. The quantitative estimate of drug-likeness (QED) is 0.870. The van der Waals surface area contributed by atoms with Crippen molar-refractivity contribution in [1.29, 1.82) is 0 Å². The van der Waals surface area contributed by atoms with Crippen LogP contribution in [-0.2, 0) is 10.0 Å². The zero-order valence-electron chi connectivity index (χ0n) is 11.6. The van der Waals surface area contributed by atoms with Crippen LogP contribution in [0.15, 0.2) is 53.4 Å². The smallest absolute Gasteiger partial charge is 0.387 e. The van der Waals surface area contributed by atoms with Gasteiger partial charge in [-0.2, -0.15) is 8.78 Å². The molecule has 2 aromatic carbocycles. The zero-order chi connectivity index (χ0) is 17.0. The normalized spacial score (nSPS) is 11.3. The Morgan fingerprint density at radius 1 is 1.04 bits per heavy atom. The average molecular weight is 342 g/mol. The third kappa shape index (κ3) is 4.73. The third-order valence-electron chi connectivity index (χ3n) is 2.78. The first kappa shape index (κ1) is 16.8. The third-order valence-corrected chi connectivity index (χ3v) is 3.71. The van der Waals surface area contributed by atoms with Gasteiger partial charge in [-0.3, -0.25) is 4.79 Å². The summed E-state index contributed by atoms with van der Waals surface area (Å²) in [5.74, 6) is -0.524. The highest BCUT2D eigenvalue weighted by Gasteiger charge is 2.11. The molecule has 0 bridgehead atoms. The number of ether oxygens (including phenoxy) is 1. The lowest BCUT2D eigenvalue weighted by Gasteiger charge is -2.08. The van der Waals surface area contributed by atoms with Crippen LogP contribution in [0.4, 0.5) is 14.5 Å². The highest BCUT2D eigenvalue weighted by Crippen LogP contribution is 2.18. The first-order chi connectivity index (χ1) is 10.8. The van der Waals surface area contributed by atoms with Gasteiger partial charge in [0.2, 0.25) is 10.0 Å². The number of primary sulfonamides is 1. The van der Waals surface area contributed by atoms with Crippen molar-refractivity contribution < 1.29 is 26.7 Å². The molecular formula is C14H12F2N2O4S. The molecule has 0 radical (unpaired) electrons. The molecule has 23 heavy (non-hydrogen) atoms. The summed E-state index contributed by atoms with van der Waals surface area (Å²) in [6.45, 7) is -2.92. The molecular weight excluding hydrogens is 330 g/mol. The molecule has 0 fully saturated rings. The first-order valence-corrected chi connectivity index (χ1v) is 7.79. The van der Waals surface area contributed by atoms with Crippen LogP contribution in [0.5, 0.6) is 5.75 Å². The van der Waals surface area contributed by atoms with Gasteiger partial charge in [0.1, 0.15) is 5.75 Å². The van der Waals surface area contributed by atoms with Crippen LogP contribution in [0.3, 0.4) is 0 Å². The Bertz CT molecular complexity index is 791. The molecule has 1 amide bonds. The van der Waals surface area contributed by atoms with Crippen LogP contribution < -0.4 is 15.2 Å². The fourth-order valence-electron chi connectivity index (χ4n) is 1.72. The second kappa shape index (κ2) is 6.71. The van der Waals surface area contributed by atoms with E-state index in [0.29, 0.717) is 5.69 Å². The maximum atomic E-state index is 12.0. The molecule has 2 rings (SSSR count). The van der Waals surface area contributed by atoms with Gasteiger partial charge in [-0.25, -0.2) is 13.6 Å². The van der Waals surface area contributed by atoms with Gasteiger partial charge in [0.05, 0.1) is 4.90 Å². The van der Waals surface area contributed by atoms with E-state index in [1.165, 1.54) is 48.5 Å². The number of anilines is 1. The number of carbonyl (C=O) groups is 1. The van der Waals surface area contributed by atoms with Gasteiger partial charge in [-0.05, 0) is 48.5 Å². The summed E-state index contributed by atoms with van der Waals surface area (Å²) in [5, 5.41) is 7.50. The van der Waals surface area contributed by atoms with Crippen LogP contribution in [-0.4, -0.2) is 20.9 Å². The van der Waals surface area contributed by atoms with Gasteiger partial charge < -0.3 is 10.1 Å². The molecule has 0 atom stereocenters. The topological polar surface area (TPSA) is 98.5 Å². The van der Waals surface area contributed by atoms with E-state index >= 15 is 0 Å². The monoisotopic (exact) mass is 342 g/mol. The van der Waals surface area contributed by atoms with Crippen LogP contribution in [0.1, 0.15) is 10.4 Å². The first-order valence-electron chi connectivity index (χ1n) is 6.25. The van der Waals surface area contributed by atoms with Gasteiger partial charge in [-0.15, -0.1) is 0 Å². The SMILES string of the molecule is NS(=O)(=O)c1ccc(C(=O)Nc2ccc(OC(F)F)cc2)cc1. The summed E-state index contributed by atoms with van der Waals surface area (Å²) in [6, 6.07) is 10.4. The maximum Gasteiger partial charge on any atom is 0.387 e. The lowest BCUT2D eigenvalue weighted by Crippen LogP contribution is -2.14. The van der Waals surface area contributed by atoms with Gasteiger partial charge >= 0.3 is 6.61 Å². The molecule has 0 spiro atoms. The van der Waals surface area contributed by atoms with Crippen molar-refractivity contribution in [2.45, 2.75) is 11.5 Å². The minimum atomic E-state index is -3.83. The molecule has 0 aromatic heterocycles. The summed E-state index contributed by atoms with van der Waals surface area (Å²) < 4.78 is 50.5. The van der Waals surface area contributed by atoms with Crippen molar-refractivity contribution in [3.8, 4) is 5.75 Å². The van der Waals surface area contributed by atoms with Crippen molar-refractivity contribution in [2.75, 3.05) is 5.32 Å². The van der Waals surface area contributed by atoms with E-state index in [1.807, 2.05) is 0 Å². The van der Waals surface area contributed by atoms with E-state index < -0.39 is 22.5 Å². The molecule has 0 unspecified atom stereocenters. The van der Waals surface area contributed by atoms with Crippen molar-refractivity contribution in [1.82, 2.24) is 0 Å². The van der Waals surface area contributed by atoms with Gasteiger partial charge in [0.25, 0.3) is 5.91 Å². The summed E-state index contributed by atoms with van der Waals surface area (Å²) in [4.78, 5) is 11.9. The van der Waals surface area contributed by atoms with Gasteiger partial charge in [0.15, 0.2) is 0 Å². The molecule has 0 aliphatic carbocycles. The molecule has 9 heteroatoms. The molecule has 0 aliphatic rings. The molecule has 6 nitrogen and oxygen atoms in total. The predicted octanol–water partition coefficient (Wildman–Crippen LogP) is 2.19. The fourth-order valence-corrected chi connectivity index (χ4v) is 2.23. The van der Waals surface area contributed by atoms with Crippen molar-refractivity contribution in [3.63, 3.8) is 0 Å². The zero-order valence-corrected chi connectivity index (χ0v) is 12.4. The number of halogens is 2. The van der Waals surface area contributed by atoms with Crippen LogP contribution in [0.25, 0.3) is 0 Å². The van der Waals surface area contributed by atoms with E-state index in [1.54, 1.807) is 0 Å². The van der Waals surface area contributed by atoms with Crippen LogP contribution in [0, 0.1) is 0 Å². The number of sulfonamides is 1. The Balaban J connectivity index is 2.07. The maximum absolute atomic E-state index is 12.0. The van der Waals surface area contributed by atoms with E-state index in [0.717, 1.165) is 0 Å². The van der Waals surface area contributed by atoms with E-state index in [2.05, 4.69) is 10.1 Å². The molecule has 2 aromatic rings. The largest absolute Gasteiger partial charge is 0.435 e. The molecule has 0 aliphatic heterocycles. The minimum absolute atomic E-state index is 0.0319.